The molecule has 1 aliphatic carbocycles. The molecular formula is C30H37FN4O5. The molecule has 214 valence electrons. The van der Waals surface area contributed by atoms with Gasteiger partial charge in [0.1, 0.15) is 12.4 Å². The van der Waals surface area contributed by atoms with Crippen molar-refractivity contribution in [3.05, 3.63) is 61.7 Å². The van der Waals surface area contributed by atoms with Crippen LogP contribution in [0, 0.1) is 12.7 Å². The molecular weight excluding hydrogens is 515 g/mol. The Hall–Kier alpha value is -3.63. The minimum atomic E-state index is -1.48. The van der Waals surface area contributed by atoms with E-state index in [1.54, 1.807) is 24.6 Å². The van der Waals surface area contributed by atoms with E-state index in [1.165, 1.54) is 6.07 Å². The number of aromatic nitrogens is 2. The molecule has 2 aliphatic heterocycles. The van der Waals surface area contributed by atoms with Gasteiger partial charge in [0.2, 0.25) is 5.91 Å². The number of benzene rings is 1. The van der Waals surface area contributed by atoms with Crippen LogP contribution in [0.15, 0.2) is 16.9 Å². The summed E-state index contributed by atoms with van der Waals surface area (Å²) in [5.41, 5.74) is 11.1. The van der Waals surface area contributed by atoms with Gasteiger partial charge in [-0.05, 0) is 68.3 Å². The largest absolute Gasteiger partial charge is 0.458 e. The molecule has 1 unspecified atom stereocenters. The second kappa shape index (κ2) is 12.3. The highest BCUT2D eigenvalue weighted by Gasteiger charge is 2.35. The Morgan fingerprint density at radius 2 is 1.90 bits per heavy atom. The van der Waals surface area contributed by atoms with Gasteiger partial charge < -0.3 is 25.5 Å². The van der Waals surface area contributed by atoms with E-state index in [2.05, 4.69) is 5.32 Å². The van der Waals surface area contributed by atoms with E-state index in [9.17, 15) is 23.9 Å². The van der Waals surface area contributed by atoms with Gasteiger partial charge in [-0.3, -0.25) is 9.59 Å². The van der Waals surface area contributed by atoms with Crippen molar-refractivity contribution in [2.75, 3.05) is 13.6 Å². The highest BCUT2D eigenvalue weighted by Crippen LogP contribution is 2.41. The van der Waals surface area contributed by atoms with Crippen molar-refractivity contribution in [3.8, 4) is 11.4 Å². The SMILES string of the molecule is CC.CNC(=O)CCCCN.Cc1c(F)cc2nc3c(c4c2c1CCC4)Cn1c-3cc2c(c1=O)COC(=O)C2O. The summed E-state index contributed by atoms with van der Waals surface area (Å²) in [4.78, 5) is 40.1. The van der Waals surface area contributed by atoms with Gasteiger partial charge in [0, 0.05) is 36.0 Å². The second-order valence-corrected chi connectivity index (χ2v) is 9.91. The van der Waals surface area contributed by atoms with Crippen LogP contribution in [-0.2, 0) is 40.3 Å². The lowest BCUT2D eigenvalue weighted by Gasteiger charge is -2.22. The van der Waals surface area contributed by atoms with Crippen molar-refractivity contribution in [2.45, 2.75) is 78.6 Å². The Morgan fingerprint density at radius 1 is 1.18 bits per heavy atom. The van der Waals surface area contributed by atoms with E-state index in [1.807, 2.05) is 13.8 Å². The number of nitrogens with one attached hydrogen (secondary N) is 1. The summed E-state index contributed by atoms with van der Waals surface area (Å²) in [6.07, 6.45) is 3.56. The fraction of sp³-hybridized carbons (Fsp3) is 0.467. The smallest absolute Gasteiger partial charge is 0.340 e. The number of ether oxygens (including phenoxy) is 1. The standard InChI is InChI=1S/C22H17FN2O4.C6H14N2O.C2H6/c1-9-10-3-2-4-11-13-7-25-17(19(13)24-16(18(10)11)6-15(9)23)5-12-14(21(25)27)8-29-22(28)20(12)26;1-8-6(9)4-2-3-5-7;1-2/h5-6,20,26H,2-4,7-8H2,1H3;2-5,7H2,1H3,(H,8,9);1-2H3. The van der Waals surface area contributed by atoms with Gasteiger partial charge >= 0.3 is 5.97 Å². The number of pyridine rings is 2. The molecule has 40 heavy (non-hydrogen) atoms. The summed E-state index contributed by atoms with van der Waals surface area (Å²) < 4.78 is 21.1. The summed E-state index contributed by atoms with van der Waals surface area (Å²) in [7, 11) is 1.64. The number of rotatable bonds is 4. The molecule has 1 aromatic carbocycles. The Kier molecular flexibility index (Phi) is 9.00. The number of nitrogens with two attached hydrogens (primary N) is 1. The number of carbonyl (C=O) groups is 2. The first-order valence-electron chi connectivity index (χ1n) is 13.9. The molecule has 4 N–H and O–H groups in total. The molecule has 0 saturated carbocycles. The fourth-order valence-electron chi connectivity index (χ4n) is 5.62. The predicted octanol–water partition coefficient (Wildman–Crippen LogP) is 3.34. The van der Waals surface area contributed by atoms with Gasteiger partial charge in [0.15, 0.2) is 6.10 Å². The zero-order chi connectivity index (χ0) is 29.1. The summed E-state index contributed by atoms with van der Waals surface area (Å²) >= 11 is 0. The van der Waals surface area contributed by atoms with E-state index >= 15 is 0 Å². The Morgan fingerprint density at radius 3 is 2.60 bits per heavy atom. The van der Waals surface area contributed by atoms with Crippen molar-refractivity contribution in [2.24, 2.45) is 5.73 Å². The first kappa shape index (κ1) is 29.4. The number of hydrogen-bond donors (Lipinski definition) is 3. The average Bonchev–Trinajstić information content (AvgIpc) is 3.34. The van der Waals surface area contributed by atoms with E-state index in [-0.39, 0.29) is 29.5 Å². The highest BCUT2D eigenvalue weighted by atomic mass is 19.1. The van der Waals surface area contributed by atoms with Crippen LogP contribution in [0.4, 0.5) is 4.39 Å². The molecule has 0 saturated heterocycles. The molecule has 9 nitrogen and oxygen atoms in total. The van der Waals surface area contributed by atoms with Gasteiger partial charge in [0.05, 0.1) is 29.0 Å². The monoisotopic (exact) mass is 552 g/mol. The van der Waals surface area contributed by atoms with Crippen LogP contribution in [0.5, 0.6) is 0 Å². The lowest BCUT2D eigenvalue weighted by molar-refractivity contribution is -0.157. The number of hydrogen-bond acceptors (Lipinski definition) is 7. The van der Waals surface area contributed by atoms with E-state index < -0.39 is 12.1 Å². The molecule has 1 amide bonds. The van der Waals surface area contributed by atoms with Gasteiger partial charge in [-0.25, -0.2) is 14.2 Å². The van der Waals surface area contributed by atoms with Crippen molar-refractivity contribution in [3.63, 3.8) is 0 Å². The highest BCUT2D eigenvalue weighted by molar-refractivity contribution is 5.92. The molecule has 4 heterocycles. The molecule has 3 aliphatic rings. The van der Waals surface area contributed by atoms with Crippen LogP contribution in [-0.4, -0.2) is 40.1 Å². The van der Waals surface area contributed by atoms with E-state index in [4.69, 9.17) is 15.5 Å². The number of aliphatic hydroxyl groups excluding tert-OH is 1. The summed E-state index contributed by atoms with van der Waals surface area (Å²) in [5.74, 6) is -0.931. The van der Waals surface area contributed by atoms with Crippen molar-refractivity contribution in [1.29, 1.82) is 0 Å². The molecule has 2 aromatic heterocycles. The van der Waals surface area contributed by atoms with Gasteiger partial charge in [-0.15, -0.1) is 0 Å². The Balaban J connectivity index is 0.000000290. The molecule has 0 fully saturated rings. The van der Waals surface area contributed by atoms with Crippen molar-refractivity contribution in [1.82, 2.24) is 14.9 Å². The third kappa shape index (κ3) is 5.13. The maximum Gasteiger partial charge on any atom is 0.340 e. The quantitative estimate of drug-likeness (QED) is 0.261. The maximum absolute atomic E-state index is 14.5. The van der Waals surface area contributed by atoms with E-state index in [0.29, 0.717) is 47.5 Å². The number of carbonyl (C=O) groups excluding carboxylic acids is 2. The number of unbranched alkanes of at least 4 members (excludes halogenated alkanes) is 1. The van der Waals surface area contributed by atoms with Gasteiger partial charge in [-0.2, -0.15) is 0 Å². The van der Waals surface area contributed by atoms with Crippen LogP contribution in [0.3, 0.4) is 0 Å². The fourth-order valence-corrected chi connectivity index (χ4v) is 5.62. The third-order valence-corrected chi connectivity index (χ3v) is 7.68. The second-order valence-electron chi connectivity index (χ2n) is 9.91. The van der Waals surface area contributed by atoms with E-state index in [0.717, 1.165) is 54.2 Å². The molecule has 3 aromatic rings. The normalized spacial score (nSPS) is 16.0. The number of cyclic esters (lactones) is 1. The van der Waals surface area contributed by atoms with Crippen LogP contribution in [0.1, 0.15) is 79.0 Å². The number of fused-ring (bicyclic) bond motifs is 5. The zero-order valence-corrected chi connectivity index (χ0v) is 23.5. The van der Waals surface area contributed by atoms with Crippen LogP contribution in [0.2, 0.25) is 0 Å². The molecule has 0 radical (unpaired) electrons. The Labute approximate surface area is 232 Å². The molecule has 0 bridgehead atoms. The predicted molar refractivity (Wildman–Crippen MR) is 150 cm³/mol. The number of aliphatic hydroxyl groups is 1. The maximum atomic E-state index is 14.5. The molecule has 6 rings (SSSR count). The number of amides is 1. The number of aryl methyl sites for hydroxylation is 2. The lowest BCUT2D eigenvalue weighted by Crippen LogP contribution is -2.32. The molecule has 1 atom stereocenters. The first-order chi connectivity index (χ1) is 19.3. The van der Waals surface area contributed by atoms with Gasteiger partial charge in [0.25, 0.3) is 5.56 Å². The van der Waals surface area contributed by atoms with Crippen molar-refractivity contribution < 1.29 is 23.8 Å². The minimum absolute atomic E-state index is 0.100. The molecule has 10 heteroatoms. The van der Waals surface area contributed by atoms with Crippen LogP contribution in [0.25, 0.3) is 22.3 Å². The third-order valence-electron chi connectivity index (χ3n) is 7.68. The number of esters is 1. The molecule has 0 spiro atoms. The Bertz CT molecular complexity index is 1530. The minimum Gasteiger partial charge on any atom is -0.458 e. The average molecular weight is 553 g/mol. The number of nitrogens with zero attached hydrogens (tertiary/aromatic N) is 2. The van der Waals surface area contributed by atoms with Crippen molar-refractivity contribution >= 4 is 22.8 Å². The number of halogens is 1. The summed E-state index contributed by atoms with van der Waals surface area (Å²) in [5, 5.41) is 13.8. The van der Waals surface area contributed by atoms with Crippen LogP contribution < -0.4 is 16.6 Å². The summed E-state index contributed by atoms with van der Waals surface area (Å²) in [6.45, 7) is 6.72. The topological polar surface area (TPSA) is 137 Å². The van der Waals surface area contributed by atoms with Gasteiger partial charge in [-0.1, -0.05) is 13.8 Å². The lowest BCUT2D eigenvalue weighted by atomic mass is 9.85. The first-order valence-corrected chi connectivity index (χ1v) is 13.9. The summed E-state index contributed by atoms with van der Waals surface area (Å²) in [6, 6.07) is 3.13. The van der Waals surface area contributed by atoms with Crippen LogP contribution >= 0.6 is 0 Å². The zero-order valence-electron chi connectivity index (χ0n) is 23.5.